The Morgan fingerprint density at radius 2 is 1.82 bits per heavy atom. The molecule has 0 fully saturated rings. The van der Waals surface area contributed by atoms with E-state index in [1.165, 1.54) is 13.2 Å². The van der Waals surface area contributed by atoms with E-state index in [9.17, 15) is 14.0 Å². The summed E-state index contributed by atoms with van der Waals surface area (Å²) in [4.78, 5) is 23.9. The summed E-state index contributed by atoms with van der Waals surface area (Å²) in [6, 6.07) is 11.0. The Hall–Kier alpha value is -2.60. The normalized spacial score (nSPS) is 11.6. The summed E-state index contributed by atoms with van der Waals surface area (Å²) in [5, 5.41) is 2.59. The number of amides is 1. The van der Waals surface area contributed by atoms with E-state index in [2.05, 4.69) is 5.32 Å². The van der Waals surface area contributed by atoms with Crippen molar-refractivity contribution in [1.82, 2.24) is 5.32 Å². The van der Waals surface area contributed by atoms with Gasteiger partial charge in [-0.3, -0.25) is 0 Å². The molecular formula is C21H23ClFNO4. The van der Waals surface area contributed by atoms with Gasteiger partial charge in [0, 0.05) is 6.42 Å². The lowest BCUT2D eigenvalue weighted by Gasteiger charge is -2.16. The van der Waals surface area contributed by atoms with Gasteiger partial charge < -0.3 is 14.8 Å². The quantitative estimate of drug-likeness (QED) is 0.506. The zero-order valence-electron chi connectivity index (χ0n) is 15.8. The maximum absolute atomic E-state index is 13.3. The summed E-state index contributed by atoms with van der Waals surface area (Å²) < 4.78 is 23.1. The molecule has 5 nitrogen and oxygen atoms in total. The number of nitrogens with one attached hydrogen (secondary N) is 1. The summed E-state index contributed by atoms with van der Waals surface area (Å²) in [7, 11) is 1.26. The first-order valence-corrected chi connectivity index (χ1v) is 9.38. The molecule has 0 aliphatic carbocycles. The van der Waals surface area contributed by atoms with Crippen molar-refractivity contribution in [2.24, 2.45) is 0 Å². The van der Waals surface area contributed by atoms with Gasteiger partial charge in [0.25, 0.3) is 0 Å². The van der Waals surface area contributed by atoms with E-state index < -0.39 is 23.9 Å². The van der Waals surface area contributed by atoms with Gasteiger partial charge in [0.05, 0.1) is 18.7 Å². The standard InChI is InChI=1S/C21H23ClFNO4/c1-3-4-11-28-21(26)24-19(20(25)27-2)12-14-5-7-15(8-6-14)16-9-10-18(23)17(22)13-16/h5-10,13,19H,3-4,11-12H2,1-2H3,(H,24,26). The fourth-order valence-corrected chi connectivity index (χ4v) is 2.75. The van der Waals surface area contributed by atoms with Crippen molar-refractivity contribution in [1.29, 1.82) is 0 Å². The molecule has 0 saturated carbocycles. The number of carbonyl (C=O) groups excluding carboxylic acids is 2. The lowest BCUT2D eigenvalue weighted by molar-refractivity contribution is -0.142. The van der Waals surface area contributed by atoms with Crippen LogP contribution >= 0.6 is 11.6 Å². The lowest BCUT2D eigenvalue weighted by Crippen LogP contribution is -2.43. The van der Waals surface area contributed by atoms with E-state index in [0.717, 1.165) is 29.5 Å². The molecule has 2 aromatic rings. The summed E-state index contributed by atoms with van der Waals surface area (Å²) in [5.41, 5.74) is 2.45. The number of ether oxygens (including phenoxy) is 2. The predicted molar refractivity (Wildman–Crippen MR) is 106 cm³/mol. The molecule has 1 N–H and O–H groups in total. The third-order valence-electron chi connectivity index (χ3n) is 4.16. The molecule has 1 unspecified atom stereocenters. The van der Waals surface area contributed by atoms with Gasteiger partial charge in [0.1, 0.15) is 11.9 Å². The molecule has 2 rings (SSSR count). The van der Waals surface area contributed by atoms with Gasteiger partial charge in [-0.1, -0.05) is 55.3 Å². The fraction of sp³-hybridized carbons (Fsp3) is 0.333. The maximum atomic E-state index is 13.3. The Bertz CT molecular complexity index is 811. The summed E-state index contributed by atoms with van der Waals surface area (Å²) in [5.74, 6) is -1.03. The Balaban J connectivity index is 2.06. The Labute approximate surface area is 168 Å². The zero-order valence-corrected chi connectivity index (χ0v) is 16.6. The van der Waals surface area contributed by atoms with Crippen molar-refractivity contribution in [3.05, 3.63) is 58.9 Å². The highest BCUT2D eigenvalue weighted by Gasteiger charge is 2.22. The first-order valence-electron chi connectivity index (χ1n) is 9.00. The zero-order chi connectivity index (χ0) is 20.5. The van der Waals surface area contributed by atoms with E-state index in [-0.39, 0.29) is 11.4 Å². The molecule has 0 aliphatic heterocycles. The number of rotatable bonds is 8. The Morgan fingerprint density at radius 3 is 2.43 bits per heavy atom. The number of hydrogen-bond acceptors (Lipinski definition) is 4. The van der Waals surface area contributed by atoms with Gasteiger partial charge in [-0.15, -0.1) is 0 Å². The van der Waals surface area contributed by atoms with Gasteiger partial charge in [-0.25, -0.2) is 14.0 Å². The average Bonchev–Trinajstić information content (AvgIpc) is 2.69. The number of benzene rings is 2. The fourth-order valence-electron chi connectivity index (χ4n) is 2.57. The van der Waals surface area contributed by atoms with E-state index in [1.54, 1.807) is 12.1 Å². The summed E-state index contributed by atoms with van der Waals surface area (Å²) >= 11 is 5.83. The van der Waals surface area contributed by atoms with Crippen LogP contribution in [-0.4, -0.2) is 31.8 Å². The van der Waals surface area contributed by atoms with Crippen LogP contribution in [0, 0.1) is 5.82 Å². The van der Waals surface area contributed by atoms with Crippen LogP contribution in [0.25, 0.3) is 11.1 Å². The van der Waals surface area contributed by atoms with Crippen LogP contribution in [0.5, 0.6) is 0 Å². The molecule has 2 aromatic carbocycles. The summed E-state index contributed by atoms with van der Waals surface area (Å²) in [6.45, 7) is 2.28. The van der Waals surface area contributed by atoms with Crippen LogP contribution in [0.4, 0.5) is 9.18 Å². The molecule has 0 bridgehead atoms. The van der Waals surface area contributed by atoms with Crippen molar-refractivity contribution in [2.45, 2.75) is 32.2 Å². The number of alkyl carbamates (subject to hydrolysis) is 1. The van der Waals surface area contributed by atoms with Gasteiger partial charge in [0.2, 0.25) is 0 Å². The smallest absolute Gasteiger partial charge is 0.407 e. The minimum Gasteiger partial charge on any atom is -0.467 e. The molecule has 0 spiro atoms. The highest BCUT2D eigenvalue weighted by atomic mass is 35.5. The minimum atomic E-state index is -0.856. The summed E-state index contributed by atoms with van der Waals surface area (Å²) in [6.07, 6.45) is 1.26. The molecule has 1 atom stereocenters. The van der Waals surface area contributed by atoms with Crippen LogP contribution in [-0.2, 0) is 20.7 Å². The van der Waals surface area contributed by atoms with E-state index >= 15 is 0 Å². The third-order valence-corrected chi connectivity index (χ3v) is 4.45. The molecule has 28 heavy (non-hydrogen) atoms. The second kappa shape index (κ2) is 10.7. The monoisotopic (exact) mass is 407 g/mol. The molecule has 0 radical (unpaired) electrons. The molecule has 0 saturated heterocycles. The largest absolute Gasteiger partial charge is 0.467 e. The van der Waals surface area contributed by atoms with Gasteiger partial charge in [-0.2, -0.15) is 0 Å². The van der Waals surface area contributed by atoms with Gasteiger partial charge in [-0.05, 0) is 35.2 Å². The van der Waals surface area contributed by atoms with Crippen molar-refractivity contribution in [2.75, 3.05) is 13.7 Å². The lowest BCUT2D eigenvalue weighted by atomic mass is 10.0. The number of hydrogen-bond donors (Lipinski definition) is 1. The van der Waals surface area contributed by atoms with Crippen molar-refractivity contribution < 1.29 is 23.5 Å². The number of carbonyl (C=O) groups is 2. The van der Waals surface area contributed by atoms with Crippen molar-refractivity contribution in [3.8, 4) is 11.1 Å². The van der Waals surface area contributed by atoms with E-state index in [0.29, 0.717) is 6.61 Å². The van der Waals surface area contributed by atoms with Crippen LogP contribution < -0.4 is 5.32 Å². The van der Waals surface area contributed by atoms with Gasteiger partial charge in [0.15, 0.2) is 0 Å². The minimum absolute atomic E-state index is 0.0538. The first-order chi connectivity index (χ1) is 13.4. The van der Waals surface area contributed by atoms with Crippen molar-refractivity contribution in [3.63, 3.8) is 0 Å². The highest BCUT2D eigenvalue weighted by Crippen LogP contribution is 2.25. The van der Waals surface area contributed by atoms with Crippen LogP contribution in [0.3, 0.4) is 0 Å². The highest BCUT2D eigenvalue weighted by molar-refractivity contribution is 6.31. The molecule has 0 aliphatic rings. The second-order valence-electron chi connectivity index (χ2n) is 6.24. The number of methoxy groups -OCH3 is 1. The predicted octanol–water partition coefficient (Wildman–Crippen LogP) is 4.76. The SMILES string of the molecule is CCCCOC(=O)NC(Cc1ccc(-c2ccc(F)c(Cl)c2)cc1)C(=O)OC. The number of halogens is 2. The Morgan fingerprint density at radius 1 is 1.14 bits per heavy atom. The molecule has 150 valence electrons. The van der Waals surface area contributed by atoms with Crippen LogP contribution in [0.2, 0.25) is 5.02 Å². The van der Waals surface area contributed by atoms with E-state index in [1.807, 2.05) is 31.2 Å². The maximum Gasteiger partial charge on any atom is 0.407 e. The van der Waals surface area contributed by atoms with E-state index in [4.69, 9.17) is 21.1 Å². The molecule has 1 amide bonds. The second-order valence-corrected chi connectivity index (χ2v) is 6.65. The van der Waals surface area contributed by atoms with Gasteiger partial charge >= 0.3 is 12.1 Å². The number of unbranched alkanes of at least 4 members (excludes halogenated alkanes) is 1. The molecule has 0 heterocycles. The number of esters is 1. The average molecular weight is 408 g/mol. The third kappa shape index (κ3) is 6.23. The van der Waals surface area contributed by atoms with Crippen LogP contribution in [0.1, 0.15) is 25.3 Å². The Kier molecular flexibility index (Phi) is 8.26. The van der Waals surface area contributed by atoms with Crippen LogP contribution in [0.15, 0.2) is 42.5 Å². The molecule has 7 heteroatoms. The molecular weight excluding hydrogens is 385 g/mol. The first kappa shape index (κ1) is 21.7. The van der Waals surface area contributed by atoms with Crippen molar-refractivity contribution >= 4 is 23.7 Å². The topological polar surface area (TPSA) is 64.6 Å². The molecule has 0 aromatic heterocycles.